The summed E-state index contributed by atoms with van der Waals surface area (Å²) < 4.78 is 12.8. The monoisotopic (exact) mass is 756 g/mol. The lowest BCUT2D eigenvalue weighted by atomic mass is 10.0. The summed E-state index contributed by atoms with van der Waals surface area (Å²) in [7, 11) is 0. The van der Waals surface area contributed by atoms with Crippen LogP contribution in [0.5, 0.6) is 0 Å². The average Bonchev–Trinajstić information content (AvgIpc) is 4.02. The van der Waals surface area contributed by atoms with Gasteiger partial charge >= 0.3 is 0 Å². The van der Waals surface area contributed by atoms with Gasteiger partial charge < -0.3 is 9.32 Å². The van der Waals surface area contributed by atoms with Gasteiger partial charge in [-0.15, -0.1) is 34.0 Å². The Hall–Kier alpha value is -6.31. The Morgan fingerprint density at radius 2 is 0.982 bits per heavy atom. The molecular weight excluding hydrogens is 729 g/mol. The molecule has 0 bridgehead atoms. The first-order chi connectivity index (χ1) is 27.2. The van der Waals surface area contributed by atoms with Crippen LogP contribution >= 0.6 is 34.0 Å². The SMILES string of the molecule is c1ccc(-c2nc3ccc4oc5ccc(-c6ccc(N(c7ccc8sc9ccccc9c8c7)c7ccc8sc9ccccc9c8c7)cc6)cc5c4c3s2)cc1. The van der Waals surface area contributed by atoms with E-state index in [4.69, 9.17) is 9.40 Å². The lowest BCUT2D eigenvalue weighted by molar-refractivity contribution is 0.669. The van der Waals surface area contributed by atoms with Crippen molar-refractivity contribution in [3.63, 3.8) is 0 Å². The first-order valence-electron chi connectivity index (χ1n) is 18.3. The van der Waals surface area contributed by atoms with Crippen molar-refractivity contribution in [3.8, 4) is 21.7 Å². The topological polar surface area (TPSA) is 29.3 Å². The summed E-state index contributed by atoms with van der Waals surface area (Å²) in [4.78, 5) is 7.41. The molecule has 8 aromatic carbocycles. The van der Waals surface area contributed by atoms with E-state index in [-0.39, 0.29) is 0 Å². The largest absolute Gasteiger partial charge is 0.456 e. The molecule has 258 valence electrons. The molecule has 0 aliphatic rings. The maximum Gasteiger partial charge on any atom is 0.137 e. The molecule has 3 nitrogen and oxygen atoms in total. The lowest BCUT2D eigenvalue weighted by Crippen LogP contribution is -2.09. The Morgan fingerprint density at radius 1 is 0.400 bits per heavy atom. The van der Waals surface area contributed by atoms with E-state index in [2.05, 4.69) is 169 Å². The highest BCUT2D eigenvalue weighted by atomic mass is 32.1. The smallest absolute Gasteiger partial charge is 0.137 e. The molecule has 0 aliphatic carbocycles. The van der Waals surface area contributed by atoms with Gasteiger partial charge in [-0.1, -0.05) is 84.9 Å². The molecule has 0 amide bonds. The second-order valence-corrected chi connectivity index (χ2v) is 17.1. The number of thiophene rings is 2. The molecule has 0 saturated carbocycles. The second kappa shape index (κ2) is 12.1. The summed E-state index contributed by atoms with van der Waals surface area (Å²) in [5, 5.41) is 8.43. The second-order valence-electron chi connectivity index (χ2n) is 13.9. The van der Waals surface area contributed by atoms with Crippen molar-refractivity contribution in [2.24, 2.45) is 0 Å². The zero-order chi connectivity index (χ0) is 36.0. The predicted molar refractivity (Wildman–Crippen MR) is 238 cm³/mol. The van der Waals surface area contributed by atoms with Crippen LogP contribution in [0.1, 0.15) is 0 Å². The number of rotatable bonds is 5. The third-order valence-corrected chi connectivity index (χ3v) is 14.1. The van der Waals surface area contributed by atoms with E-state index in [1.807, 2.05) is 28.7 Å². The average molecular weight is 757 g/mol. The van der Waals surface area contributed by atoms with Gasteiger partial charge in [0, 0.05) is 73.7 Å². The predicted octanol–water partition coefficient (Wildman–Crippen LogP) is 15.7. The van der Waals surface area contributed by atoms with Crippen molar-refractivity contribution in [1.29, 1.82) is 0 Å². The van der Waals surface area contributed by atoms with E-state index in [9.17, 15) is 0 Å². The molecule has 0 aliphatic heterocycles. The summed E-state index contributed by atoms with van der Waals surface area (Å²) in [5.74, 6) is 0. The lowest BCUT2D eigenvalue weighted by Gasteiger charge is -2.26. The summed E-state index contributed by atoms with van der Waals surface area (Å²) in [5.41, 5.74) is 9.58. The molecule has 55 heavy (non-hydrogen) atoms. The minimum atomic E-state index is 0.886. The Balaban J connectivity index is 0.989. The van der Waals surface area contributed by atoms with Crippen molar-refractivity contribution < 1.29 is 4.42 Å². The highest BCUT2D eigenvalue weighted by Gasteiger charge is 2.19. The normalized spacial score (nSPS) is 12.0. The zero-order valence-corrected chi connectivity index (χ0v) is 31.6. The van der Waals surface area contributed by atoms with E-state index in [1.54, 1.807) is 11.3 Å². The van der Waals surface area contributed by atoms with Crippen LogP contribution < -0.4 is 4.90 Å². The van der Waals surface area contributed by atoms with Crippen LogP contribution in [0.3, 0.4) is 0 Å². The van der Waals surface area contributed by atoms with Crippen LogP contribution in [0.25, 0.3) is 94.2 Å². The maximum atomic E-state index is 6.39. The highest BCUT2D eigenvalue weighted by Crippen LogP contribution is 2.45. The maximum absolute atomic E-state index is 6.39. The third-order valence-electron chi connectivity index (χ3n) is 10.7. The van der Waals surface area contributed by atoms with Crippen LogP contribution in [0.4, 0.5) is 17.1 Å². The molecule has 12 rings (SSSR count). The van der Waals surface area contributed by atoms with Crippen molar-refractivity contribution in [2.75, 3.05) is 4.90 Å². The summed E-state index contributed by atoms with van der Waals surface area (Å²) in [6, 6.07) is 61.4. The molecule has 0 atom stereocenters. The quantitative estimate of drug-likeness (QED) is 0.175. The molecule has 0 N–H and O–H groups in total. The molecule has 4 heterocycles. The van der Waals surface area contributed by atoms with Crippen LogP contribution in [0.15, 0.2) is 174 Å². The van der Waals surface area contributed by atoms with E-state index >= 15 is 0 Å². The molecule has 0 spiro atoms. The molecule has 12 aromatic rings. The van der Waals surface area contributed by atoms with Crippen molar-refractivity contribution in [3.05, 3.63) is 170 Å². The van der Waals surface area contributed by atoms with Crippen molar-refractivity contribution >= 4 is 124 Å². The summed E-state index contributed by atoms with van der Waals surface area (Å²) in [6.07, 6.45) is 0. The molecule has 0 fully saturated rings. The Bertz CT molecular complexity index is 3330. The number of nitrogens with zero attached hydrogens (tertiary/aromatic N) is 2. The van der Waals surface area contributed by atoms with Gasteiger partial charge in [-0.05, 0) is 96.1 Å². The standard InChI is InChI=1S/C49H28N2OS3/c1-2-8-30(9-3-1)49-50-40-21-23-42-47(48(40)55-49)39-26-31(16-22-41(39)52-42)29-14-17-32(18-15-29)51(33-19-24-45-37(27-33)35-10-4-6-12-43(35)53-45)34-20-25-46-38(28-34)36-11-5-7-13-44(36)54-46/h1-28H. The van der Waals surface area contributed by atoms with E-state index in [0.717, 1.165) is 70.9 Å². The number of aromatic nitrogens is 1. The van der Waals surface area contributed by atoms with Crippen molar-refractivity contribution in [1.82, 2.24) is 4.98 Å². The van der Waals surface area contributed by atoms with Gasteiger partial charge in [0.05, 0.1) is 10.2 Å². The van der Waals surface area contributed by atoms with Gasteiger partial charge in [-0.25, -0.2) is 4.98 Å². The number of hydrogen-bond donors (Lipinski definition) is 0. The summed E-state index contributed by atoms with van der Waals surface area (Å²) >= 11 is 5.44. The van der Waals surface area contributed by atoms with Crippen LogP contribution in [-0.4, -0.2) is 4.98 Å². The fraction of sp³-hybridized carbons (Fsp3) is 0. The van der Waals surface area contributed by atoms with Crippen LogP contribution in [0, 0.1) is 0 Å². The number of hydrogen-bond acceptors (Lipinski definition) is 6. The fourth-order valence-electron chi connectivity index (χ4n) is 8.09. The number of benzene rings is 8. The zero-order valence-electron chi connectivity index (χ0n) is 29.2. The Morgan fingerprint density at radius 3 is 1.67 bits per heavy atom. The molecule has 0 saturated heterocycles. The highest BCUT2D eigenvalue weighted by molar-refractivity contribution is 7.26. The molecule has 6 heteroatoms. The molecular formula is C49H28N2OS3. The number of thiazole rings is 1. The van der Waals surface area contributed by atoms with Gasteiger partial charge in [0.25, 0.3) is 0 Å². The van der Waals surface area contributed by atoms with E-state index in [1.165, 1.54) is 40.3 Å². The van der Waals surface area contributed by atoms with Gasteiger partial charge in [-0.3, -0.25) is 0 Å². The van der Waals surface area contributed by atoms with Crippen LogP contribution in [0.2, 0.25) is 0 Å². The summed E-state index contributed by atoms with van der Waals surface area (Å²) in [6.45, 7) is 0. The minimum absolute atomic E-state index is 0.886. The minimum Gasteiger partial charge on any atom is -0.456 e. The van der Waals surface area contributed by atoms with Gasteiger partial charge in [0.15, 0.2) is 0 Å². The number of anilines is 3. The Kier molecular flexibility index (Phi) is 6.84. The first kappa shape index (κ1) is 31.1. The van der Waals surface area contributed by atoms with E-state index < -0.39 is 0 Å². The van der Waals surface area contributed by atoms with Gasteiger partial charge in [-0.2, -0.15) is 0 Å². The molecule has 0 radical (unpaired) electrons. The Labute approximate surface area is 327 Å². The van der Waals surface area contributed by atoms with E-state index in [0.29, 0.717) is 0 Å². The number of furan rings is 1. The third kappa shape index (κ3) is 4.96. The number of fused-ring (bicyclic) bond motifs is 11. The first-order valence-corrected chi connectivity index (χ1v) is 20.7. The molecule has 0 unspecified atom stereocenters. The van der Waals surface area contributed by atoms with Crippen LogP contribution in [-0.2, 0) is 0 Å². The van der Waals surface area contributed by atoms with Crippen molar-refractivity contribution in [2.45, 2.75) is 0 Å². The fourth-order valence-corrected chi connectivity index (χ4v) is 11.4. The van der Waals surface area contributed by atoms with Gasteiger partial charge in [0.1, 0.15) is 16.2 Å². The van der Waals surface area contributed by atoms with Gasteiger partial charge in [0.2, 0.25) is 0 Å². The molecule has 4 aromatic heterocycles.